The van der Waals surface area contributed by atoms with Crippen LogP contribution in [0.3, 0.4) is 0 Å². The Labute approximate surface area is 289 Å². The third-order valence-electron chi connectivity index (χ3n) is 8.89. The van der Waals surface area contributed by atoms with Crippen LogP contribution < -0.4 is 0 Å². The highest BCUT2D eigenvalue weighted by molar-refractivity contribution is 5.69. The van der Waals surface area contributed by atoms with Crippen LogP contribution in [-0.2, 0) is 38.0 Å². The molecule has 0 bridgehead atoms. The van der Waals surface area contributed by atoms with Crippen LogP contribution in [0.15, 0.2) is 0 Å². The highest BCUT2D eigenvalue weighted by Gasteiger charge is 2.47. The van der Waals surface area contributed by atoms with Gasteiger partial charge in [-0.3, -0.25) is 9.59 Å². The van der Waals surface area contributed by atoms with Crippen molar-refractivity contribution in [3.63, 3.8) is 0 Å². The summed E-state index contributed by atoms with van der Waals surface area (Å²) in [5.74, 6) is -1.11. The number of ether oxygens (including phenoxy) is 6. The Kier molecular flexibility index (Phi) is 22.0. The number of hydrogen-bond donors (Lipinski definition) is 7. The molecule has 2 aliphatic rings. The molecule has 0 radical (unpaired) electrons. The molecule has 0 aromatic carbocycles. The van der Waals surface area contributed by atoms with Crippen LogP contribution in [0.1, 0.15) is 110 Å². The summed E-state index contributed by atoms with van der Waals surface area (Å²) in [6.45, 7) is 1.51. The molecule has 0 saturated carbocycles. The maximum Gasteiger partial charge on any atom is 0.306 e. The van der Waals surface area contributed by atoms with Gasteiger partial charge in [0.1, 0.15) is 55.4 Å². The van der Waals surface area contributed by atoms with Gasteiger partial charge in [0.05, 0.1) is 19.8 Å². The Bertz CT molecular complexity index is 892. The average Bonchev–Trinajstić information content (AvgIpc) is 3.08. The van der Waals surface area contributed by atoms with Crippen LogP contribution in [0.4, 0.5) is 0 Å². The van der Waals surface area contributed by atoms with Gasteiger partial charge in [0.2, 0.25) is 0 Å². The van der Waals surface area contributed by atoms with Gasteiger partial charge in [-0.15, -0.1) is 0 Å². The maximum absolute atomic E-state index is 12.6. The fraction of sp³-hybridized carbons (Fsp3) is 0.941. The summed E-state index contributed by atoms with van der Waals surface area (Å²) in [5.41, 5.74) is 0. The maximum atomic E-state index is 12.6. The number of hydrogen-bond acceptors (Lipinski definition) is 15. The Morgan fingerprint density at radius 3 is 1.59 bits per heavy atom. The first-order valence-corrected chi connectivity index (χ1v) is 18.1. The normalized spacial score (nSPS) is 31.0. The van der Waals surface area contributed by atoms with E-state index in [-0.39, 0.29) is 19.6 Å². The lowest BCUT2D eigenvalue weighted by Crippen LogP contribution is -2.61. The van der Waals surface area contributed by atoms with Gasteiger partial charge in [-0.25, -0.2) is 0 Å². The first-order chi connectivity index (χ1) is 23.5. The van der Waals surface area contributed by atoms with Crippen molar-refractivity contribution in [1.82, 2.24) is 0 Å². The van der Waals surface area contributed by atoms with Crippen molar-refractivity contribution < 1.29 is 73.8 Å². The summed E-state index contributed by atoms with van der Waals surface area (Å²) < 4.78 is 32.3. The summed E-state index contributed by atoms with van der Waals surface area (Å²) in [6.07, 6.45) is -0.0409. The Morgan fingerprint density at radius 1 is 0.612 bits per heavy atom. The average molecular weight is 711 g/mol. The molecular weight excluding hydrogens is 648 g/mol. The molecule has 0 aromatic heterocycles. The lowest BCUT2D eigenvalue weighted by molar-refractivity contribution is -0.332. The fourth-order valence-corrected chi connectivity index (χ4v) is 5.82. The minimum Gasteiger partial charge on any atom is -0.462 e. The summed E-state index contributed by atoms with van der Waals surface area (Å²) in [7, 11) is 0. The molecule has 288 valence electrons. The van der Waals surface area contributed by atoms with Crippen LogP contribution in [0.2, 0.25) is 0 Å². The summed E-state index contributed by atoms with van der Waals surface area (Å²) in [6, 6.07) is 0. The largest absolute Gasteiger partial charge is 0.462 e. The minimum absolute atomic E-state index is 0.166. The van der Waals surface area contributed by atoms with Crippen LogP contribution >= 0.6 is 0 Å². The summed E-state index contributed by atoms with van der Waals surface area (Å²) in [4.78, 5) is 24.0. The monoisotopic (exact) mass is 710 g/mol. The molecule has 2 saturated heterocycles. The standard InChI is InChI=1S/C34H62O15/c1-3-4-5-6-7-8-9-10-11-12-13-14-15-16-17-26(37)47-23(19-44-22(2)36)20-45-33-32(43)30(41)28(39)25(49-33)21-46-34-31(42)29(40)27(38)24(18-35)48-34/h23-25,27-35,38-43H,3-21H2,1-2H3. The lowest BCUT2D eigenvalue weighted by Gasteiger charge is -2.42. The van der Waals surface area contributed by atoms with E-state index in [9.17, 15) is 45.3 Å². The van der Waals surface area contributed by atoms with Gasteiger partial charge in [-0.1, -0.05) is 90.4 Å². The topological polar surface area (TPSA) is 231 Å². The van der Waals surface area contributed by atoms with E-state index in [1.165, 1.54) is 71.1 Å². The van der Waals surface area contributed by atoms with E-state index in [0.717, 1.165) is 19.3 Å². The molecule has 2 fully saturated rings. The van der Waals surface area contributed by atoms with Crippen molar-refractivity contribution in [3.8, 4) is 0 Å². The first-order valence-electron chi connectivity index (χ1n) is 18.1. The SMILES string of the molecule is CCCCCCCCCCCCCCCCC(=O)OC(COC(C)=O)COC1OC(COC2OC(CO)C(O)C(O)C2O)C(O)C(O)C1O. The zero-order chi connectivity index (χ0) is 36.2. The Hall–Kier alpha value is -1.50. The van der Waals surface area contributed by atoms with E-state index in [2.05, 4.69) is 6.92 Å². The van der Waals surface area contributed by atoms with Crippen LogP contribution in [0.25, 0.3) is 0 Å². The van der Waals surface area contributed by atoms with Crippen LogP contribution in [-0.4, -0.2) is 142 Å². The fourth-order valence-electron chi connectivity index (χ4n) is 5.82. The number of esters is 2. The van der Waals surface area contributed by atoms with Gasteiger partial charge >= 0.3 is 11.9 Å². The van der Waals surface area contributed by atoms with Crippen molar-refractivity contribution in [2.75, 3.05) is 26.4 Å². The number of aliphatic hydroxyl groups excluding tert-OH is 7. The molecule has 49 heavy (non-hydrogen) atoms. The molecule has 0 aliphatic carbocycles. The molecule has 7 N–H and O–H groups in total. The molecule has 11 atom stereocenters. The predicted molar refractivity (Wildman–Crippen MR) is 174 cm³/mol. The smallest absolute Gasteiger partial charge is 0.306 e. The summed E-state index contributed by atoms with van der Waals surface area (Å²) >= 11 is 0. The van der Waals surface area contributed by atoms with Gasteiger partial charge in [0.15, 0.2) is 18.7 Å². The van der Waals surface area contributed by atoms with E-state index >= 15 is 0 Å². The zero-order valence-electron chi connectivity index (χ0n) is 29.2. The van der Waals surface area contributed by atoms with Crippen molar-refractivity contribution in [1.29, 1.82) is 0 Å². The van der Waals surface area contributed by atoms with Crippen molar-refractivity contribution in [2.24, 2.45) is 0 Å². The molecule has 2 aliphatic heterocycles. The molecule has 15 heteroatoms. The van der Waals surface area contributed by atoms with E-state index in [4.69, 9.17) is 28.4 Å². The van der Waals surface area contributed by atoms with E-state index in [0.29, 0.717) is 6.42 Å². The van der Waals surface area contributed by atoms with Gasteiger partial charge in [0.25, 0.3) is 0 Å². The second-order valence-electron chi connectivity index (χ2n) is 13.1. The van der Waals surface area contributed by atoms with Crippen molar-refractivity contribution in [3.05, 3.63) is 0 Å². The highest BCUT2D eigenvalue weighted by Crippen LogP contribution is 2.26. The molecule has 0 aromatic rings. The quantitative estimate of drug-likeness (QED) is 0.0517. The van der Waals surface area contributed by atoms with Gasteiger partial charge < -0.3 is 64.2 Å². The second kappa shape index (κ2) is 24.6. The molecule has 2 heterocycles. The number of carbonyl (C=O) groups excluding carboxylic acids is 2. The van der Waals surface area contributed by atoms with Gasteiger partial charge in [-0.05, 0) is 6.42 Å². The third kappa shape index (κ3) is 16.2. The van der Waals surface area contributed by atoms with Crippen LogP contribution in [0.5, 0.6) is 0 Å². The van der Waals surface area contributed by atoms with E-state index in [1.54, 1.807) is 0 Å². The lowest BCUT2D eigenvalue weighted by atomic mass is 9.98. The minimum atomic E-state index is -1.75. The highest BCUT2D eigenvalue weighted by atomic mass is 16.7. The number of aliphatic hydroxyl groups is 7. The van der Waals surface area contributed by atoms with Crippen molar-refractivity contribution >= 4 is 11.9 Å². The van der Waals surface area contributed by atoms with E-state index in [1.807, 2.05) is 0 Å². The predicted octanol–water partition coefficient (Wildman–Crippen LogP) is 0.973. The molecule has 0 amide bonds. The second-order valence-corrected chi connectivity index (χ2v) is 13.1. The van der Waals surface area contributed by atoms with E-state index < -0.39 is 92.7 Å². The van der Waals surface area contributed by atoms with Crippen molar-refractivity contribution in [2.45, 2.75) is 178 Å². The third-order valence-corrected chi connectivity index (χ3v) is 8.89. The first kappa shape index (κ1) is 43.7. The molecule has 2 rings (SSSR count). The summed E-state index contributed by atoms with van der Waals surface area (Å²) in [5, 5.41) is 70.8. The number of rotatable bonds is 25. The van der Waals surface area contributed by atoms with Crippen LogP contribution in [0, 0.1) is 0 Å². The molecular formula is C34H62O15. The molecule has 11 unspecified atom stereocenters. The van der Waals surface area contributed by atoms with Gasteiger partial charge in [0, 0.05) is 13.3 Å². The molecule has 0 spiro atoms. The van der Waals surface area contributed by atoms with Gasteiger partial charge in [-0.2, -0.15) is 0 Å². The number of unbranched alkanes of at least 4 members (excludes halogenated alkanes) is 13. The zero-order valence-corrected chi connectivity index (χ0v) is 29.2. The Balaban J connectivity index is 1.74. The molecule has 15 nitrogen and oxygen atoms in total. The Morgan fingerprint density at radius 2 is 1.08 bits per heavy atom. The number of carbonyl (C=O) groups is 2.